The molecule has 7 nitrogen and oxygen atoms in total. The number of nitrogens with zero attached hydrogens (tertiary/aromatic N) is 2. The third-order valence-electron chi connectivity index (χ3n) is 3.92. The summed E-state index contributed by atoms with van der Waals surface area (Å²) in [6, 6.07) is 7.45. The number of carbonyl (C=O) groups excluding carboxylic acids is 2. The second kappa shape index (κ2) is 7.09. The fourth-order valence-corrected chi connectivity index (χ4v) is 3.19. The highest BCUT2D eigenvalue weighted by Gasteiger charge is 2.19. The van der Waals surface area contributed by atoms with Crippen molar-refractivity contribution in [2.75, 3.05) is 12.4 Å². The lowest BCUT2D eigenvalue weighted by Gasteiger charge is -2.01. The van der Waals surface area contributed by atoms with Gasteiger partial charge < -0.3 is 9.26 Å². The van der Waals surface area contributed by atoms with Crippen molar-refractivity contribution in [2.45, 2.75) is 20.8 Å². The van der Waals surface area contributed by atoms with Crippen LogP contribution in [0.15, 0.2) is 28.8 Å². The number of benzene rings is 1. The highest BCUT2D eigenvalue weighted by molar-refractivity contribution is 7.17. The van der Waals surface area contributed by atoms with Crippen LogP contribution in [-0.4, -0.2) is 29.1 Å². The zero-order valence-corrected chi connectivity index (χ0v) is 15.6. The third kappa shape index (κ3) is 3.50. The molecular weight excluding hydrogens is 354 g/mol. The van der Waals surface area contributed by atoms with Gasteiger partial charge in [0.2, 0.25) is 0 Å². The minimum absolute atomic E-state index is 0.130. The van der Waals surface area contributed by atoms with Crippen LogP contribution in [0.25, 0.3) is 11.3 Å². The molecule has 0 aliphatic heterocycles. The fraction of sp³-hybridized carbons (Fsp3) is 0.222. The van der Waals surface area contributed by atoms with E-state index in [4.69, 9.17) is 4.52 Å². The van der Waals surface area contributed by atoms with Gasteiger partial charge >= 0.3 is 5.97 Å². The van der Waals surface area contributed by atoms with E-state index in [9.17, 15) is 9.59 Å². The smallest absolute Gasteiger partial charge is 0.350 e. The molecule has 0 radical (unpaired) electrons. The van der Waals surface area contributed by atoms with Crippen molar-refractivity contribution in [3.05, 3.63) is 51.7 Å². The molecule has 2 aromatic heterocycles. The third-order valence-corrected chi connectivity index (χ3v) is 4.97. The molecule has 2 heterocycles. The first-order chi connectivity index (χ1) is 12.4. The predicted octanol–water partition coefficient (Wildman–Crippen LogP) is 3.76. The van der Waals surface area contributed by atoms with E-state index in [2.05, 4.69) is 20.2 Å². The van der Waals surface area contributed by atoms with Crippen molar-refractivity contribution in [3.8, 4) is 11.3 Å². The minimum atomic E-state index is -0.487. The summed E-state index contributed by atoms with van der Waals surface area (Å²) in [7, 11) is 1.30. The second-order valence-electron chi connectivity index (χ2n) is 5.75. The number of ether oxygens (including phenoxy) is 1. The molecule has 0 saturated heterocycles. The Kier molecular flexibility index (Phi) is 4.85. The van der Waals surface area contributed by atoms with E-state index in [0.29, 0.717) is 21.5 Å². The van der Waals surface area contributed by atoms with E-state index in [1.807, 2.05) is 32.0 Å². The molecule has 3 aromatic rings. The summed E-state index contributed by atoms with van der Waals surface area (Å²) in [5, 5.41) is 6.74. The Hall–Kier alpha value is -3.00. The summed E-state index contributed by atoms with van der Waals surface area (Å²) in [6.45, 7) is 5.70. The average molecular weight is 371 g/mol. The summed E-state index contributed by atoms with van der Waals surface area (Å²) in [5.74, 6) is -0.447. The Labute approximate surface area is 154 Å². The van der Waals surface area contributed by atoms with Crippen LogP contribution >= 0.6 is 11.3 Å². The van der Waals surface area contributed by atoms with Gasteiger partial charge in [-0.1, -0.05) is 28.6 Å². The first-order valence-electron chi connectivity index (χ1n) is 7.80. The lowest BCUT2D eigenvalue weighted by molar-refractivity contribution is 0.0605. The molecule has 0 fully saturated rings. The molecule has 1 N–H and O–H groups in total. The van der Waals surface area contributed by atoms with E-state index < -0.39 is 11.9 Å². The van der Waals surface area contributed by atoms with Gasteiger partial charge in [-0.15, -0.1) is 0 Å². The van der Waals surface area contributed by atoms with Crippen molar-refractivity contribution in [1.29, 1.82) is 0 Å². The zero-order chi connectivity index (χ0) is 18.8. The van der Waals surface area contributed by atoms with Crippen LogP contribution in [0.4, 0.5) is 5.13 Å². The molecule has 26 heavy (non-hydrogen) atoms. The molecule has 3 rings (SSSR count). The number of esters is 1. The Morgan fingerprint density at radius 2 is 1.92 bits per heavy atom. The maximum atomic E-state index is 12.4. The topological polar surface area (TPSA) is 94.3 Å². The van der Waals surface area contributed by atoms with Crippen LogP contribution in [0.2, 0.25) is 0 Å². The quantitative estimate of drug-likeness (QED) is 0.702. The van der Waals surface area contributed by atoms with Crippen LogP contribution in [-0.2, 0) is 4.74 Å². The monoisotopic (exact) mass is 371 g/mol. The van der Waals surface area contributed by atoms with Crippen LogP contribution < -0.4 is 5.32 Å². The van der Waals surface area contributed by atoms with Gasteiger partial charge in [0.1, 0.15) is 4.88 Å². The van der Waals surface area contributed by atoms with Crippen molar-refractivity contribution in [2.24, 2.45) is 0 Å². The SMILES string of the molecule is COC(=O)c1sc(NC(=O)c2cc(-c3ccc(C)c(C)c3)on2)nc1C. The van der Waals surface area contributed by atoms with Gasteiger partial charge in [0, 0.05) is 11.6 Å². The highest BCUT2D eigenvalue weighted by Crippen LogP contribution is 2.25. The molecular formula is C18H17N3O4S. The summed E-state index contributed by atoms with van der Waals surface area (Å²) >= 11 is 1.05. The Bertz CT molecular complexity index is 990. The predicted molar refractivity (Wildman–Crippen MR) is 97.6 cm³/mol. The number of thiazole rings is 1. The van der Waals surface area contributed by atoms with E-state index in [-0.39, 0.29) is 5.69 Å². The number of carbonyl (C=O) groups is 2. The molecule has 0 bridgehead atoms. The molecule has 0 aliphatic carbocycles. The van der Waals surface area contributed by atoms with Gasteiger partial charge in [-0.2, -0.15) is 0 Å². The number of hydrogen-bond acceptors (Lipinski definition) is 7. The van der Waals surface area contributed by atoms with E-state index >= 15 is 0 Å². The van der Waals surface area contributed by atoms with Crippen molar-refractivity contribution >= 4 is 28.3 Å². The number of anilines is 1. The van der Waals surface area contributed by atoms with Gasteiger partial charge in [0.25, 0.3) is 5.91 Å². The molecule has 8 heteroatoms. The van der Waals surface area contributed by atoms with Gasteiger partial charge in [-0.05, 0) is 38.0 Å². The van der Waals surface area contributed by atoms with Crippen LogP contribution in [0.1, 0.15) is 37.0 Å². The summed E-state index contributed by atoms with van der Waals surface area (Å²) in [4.78, 5) is 28.5. The number of methoxy groups -OCH3 is 1. The Balaban J connectivity index is 1.78. The van der Waals surface area contributed by atoms with Crippen molar-refractivity contribution < 1.29 is 18.8 Å². The number of aryl methyl sites for hydroxylation is 3. The maximum absolute atomic E-state index is 12.4. The Morgan fingerprint density at radius 1 is 1.15 bits per heavy atom. The number of rotatable bonds is 4. The molecule has 0 unspecified atom stereocenters. The standard InChI is InChI=1S/C18H17N3O4S/c1-9-5-6-12(7-10(9)2)14-8-13(21-25-14)16(22)20-18-19-11(3)15(26-18)17(23)24-4/h5-8H,1-4H3,(H,19,20,22). The molecule has 134 valence electrons. The fourth-order valence-electron chi connectivity index (χ4n) is 2.31. The van der Waals surface area contributed by atoms with Gasteiger partial charge in [0.05, 0.1) is 12.8 Å². The molecule has 0 spiro atoms. The van der Waals surface area contributed by atoms with Crippen LogP contribution in [0.3, 0.4) is 0 Å². The lowest BCUT2D eigenvalue weighted by Crippen LogP contribution is -2.11. The zero-order valence-electron chi connectivity index (χ0n) is 14.7. The number of nitrogens with one attached hydrogen (secondary N) is 1. The molecule has 1 amide bonds. The first-order valence-corrected chi connectivity index (χ1v) is 8.62. The maximum Gasteiger partial charge on any atom is 0.350 e. The summed E-state index contributed by atoms with van der Waals surface area (Å²) in [5.41, 5.74) is 3.77. The van der Waals surface area contributed by atoms with Gasteiger partial charge in [-0.3, -0.25) is 10.1 Å². The van der Waals surface area contributed by atoms with Crippen LogP contribution in [0.5, 0.6) is 0 Å². The highest BCUT2D eigenvalue weighted by atomic mass is 32.1. The summed E-state index contributed by atoms with van der Waals surface area (Å²) in [6.07, 6.45) is 0. The molecule has 0 saturated carbocycles. The Morgan fingerprint density at radius 3 is 2.62 bits per heavy atom. The van der Waals surface area contributed by atoms with E-state index in [1.165, 1.54) is 12.7 Å². The van der Waals surface area contributed by atoms with Crippen molar-refractivity contribution in [1.82, 2.24) is 10.1 Å². The molecule has 0 atom stereocenters. The minimum Gasteiger partial charge on any atom is -0.465 e. The number of hydrogen-bond donors (Lipinski definition) is 1. The largest absolute Gasteiger partial charge is 0.465 e. The molecule has 0 aliphatic rings. The first kappa shape index (κ1) is 17.8. The lowest BCUT2D eigenvalue weighted by atomic mass is 10.0. The van der Waals surface area contributed by atoms with Crippen LogP contribution in [0, 0.1) is 20.8 Å². The molecule has 1 aromatic carbocycles. The van der Waals surface area contributed by atoms with Crippen molar-refractivity contribution in [3.63, 3.8) is 0 Å². The van der Waals surface area contributed by atoms with E-state index in [1.54, 1.807) is 13.0 Å². The summed E-state index contributed by atoms with van der Waals surface area (Å²) < 4.78 is 9.97. The average Bonchev–Trinajstić information content (AvgIpc) is 3.24. The number of amides is 1. The number of aromatic nitrogens is 2. The van der Waals surface area contributed by atoms with Gasteiger partial charge in [-0.25, -0.2) is 9.78 Å². The normalized spacial score (nSPS) is 10.6. The van der Waals surface area contributed by atoms with E-state index in [0.717, 1.165) is 22.5 Å². The van der Waals surface area contributed by atoms with Gasteiger partial charge in [0.15, 0.2) is 16.6 Å². The second-order valence-corrected chi connectivity index (χ2v) is 6.75.